The van der Waals surface area contributed by atoms with Crippen molar-refractivity contribution in [1.29, 1.82) is 0 Å². The number of allylic oxidation sites excluding steroid dienone is 1. The van der Waals surface area contributed by atoms with Gasteiger partial charge in [-0.15, -0.1) is 0 Å². The minimum absolute atomic E-state index is 0.0750. The number of carbonyl (C=O) groups excluding carboxylic acids is 2. The Balaban J connectivity index is 1.53. The second-order valence-electron chi connectivity index (χ2n) is 9.96. The maximum atomic E-state index is 13.5. The maximum absolute atomic E-state index is 13.5. The van der Waals surface area contributed by atoms with Gasteiger partial charge in [0.15, 0.2) is 0 Å². The largest absolute Gasteiger partial charge is 0.471 e. The monoisotopic (exact) mass is 476 g/mol. The molecule has 0 aromatic heterocycles. The van der Waals surface area contributed by atoms with E-state index in [0.29, 0.717) is 25.3 Å². The average molecular weight is 477 g/mol. The summed E-state index contributed by atoms with van der Waals surface area (Å²) in [7, 11) is 0. The molecule has 34 heavy (non-hydrogen) atoms. The topological polar surface area (TPSA) is 40.6 Å². The van der Waals surface area contributed by atoms with Crippen LogP contribution in [0.3, 0.4) is 0 Å². The third kappa shape index (κ3) is 5.84. The van der Waals surface area contributed by atoms with Crippen LogP contribution in [0.25, 0.3) is 0 Å². The van der Waals surface area contributed by atoms with Crippen LogP contribution in [0.1, 0.15) is 81.4 Å². The number of nitrogens with zero attached hydrogens (tertiary/aromatic N) is 2. The molecule has 4 rings (SSSR count). The highest BCUT2D eigenvalue weighted by atomic mass is 19.4. The van der Waals surface area contributed by atoms with Gasteiger partial charge in [0.25, 0.3) is 0 Å². The minimum atomic E-state index is -4.99. The first kappa shape index (κ1) is 24.8. The molecule has 1 aromatic rings. The summed E-state index contributed by atoms with van der Waals surface area (Å²) in [6.45, 7) is -0.109. The fourth-order valence-corrected chi connectivity index (χ4v) is 5.93. The van der Waals surface area contributed by atoms with E-state index in [2.05, 4.69) is 18.2 Å². The van der Waals surface area contributed by atoms with E-state index < -0.39 is 18.6 Å². The molecule has 0 bridgehead atoms. The summed E-state index contributed by atoms with van der Waals surface area (Å²) in [6, 6.07) is 7.99. The molecule has 0 N–H and O–H groups in total. The first-order valence-electron chi connectivity index (χ1n) is 12.8. The molecule has 1 unspecified atom stereocenters. The van der Waals surface area contributed by atoms with Crippen LogP contribution in [0.15, 0.2) is 35.9 Å². The summed E-state index contributed by atoms with van der Waals surface area (Å²) in [5.74, 6) is -1.98. The van der Waals surface area contributed by atoms with Crippen LogP contribution < -0.4 is 0 Å². The first-order chi connectivity index (χ1) is 16.3. The number of alkyl halides is 3. The molecule has 3 aliphatic rings. The van der Waals surface area contributed by atoms with E-state index in [1.54, 1.807) is 4.90 Å². The number of halogens is 3. The molecule has 0 spiro atoms. The van der Waals surface area contributed by atoms with Gasteiger partial charge in [-0.25, -0.2) is 0 Å². The third-order valence-electron chi connectivity index (χ3n) is 7.69. The Bertz CT molecular complexity index is 905. The van der Waals surface area contributed by atoms with Crippen molar-refractivity contribution in [3.05, 3.63) is 47.0 Å². The summed E-state index contributed by atoms with van der Waals surface area (Å²) in [5, 5.41) is 0. The average Bonchev–Trinajstić information content (AvgIpc) is 2.85. The molecule has 1 heterocycles. The number of amides is 2. The van der Waals surface area contributed by atoms with Gasteiger partial charge in [-0.3, -0.25) is 9.59 Å². The Hall–Kier alpha value is -2.31. The zero-order valence-electron chi connectivity index (χ0n) is 19.8. The summed E-state index contributed by atoms with van der Waals surface area (Å²) in [6.07, 6.45) is 7.49. The van der Waals surface area contributed by atoms with E-state index in [1.165, 1.54) is 12.0 Å². The van der Waals surface area contributed by atoms with Gasteiger partial charge in [0.1, 0.15) is 6.54 Å². The van der Waals surface area contributed by atoms with Crippen molar-refractivity contribution in [2.75, 3.05) is 19.6 Å². The molecular formula is C27H35F3N2O2. The van der Waals surface area contributed by atoms with Crippen molar-refractivity contribution in [3.8, 4) is 0 Å². The number of benzene rings is 1. The minimum Gasteiger partial charge on any atom is -0.333 e. The molecule has 1 atom stereocenters. The van der Waals surface area contributed by atoms with E-state index in [0.717, 1.165) is 67.4 Å². The molecular weight excluding hydrogens is 441 g/mol. The smallest absolute Gasteiger partial charge is 0.333 e. The second kappa shape index (κ2) is 11.0. The van der Waals surface area contributed by atoms with Crippen LogP contribution >= 0.6 is 0 Å². The molecule has 2 aliphatic carbocycles. The lowest BCUT2D eigenvalue weighted by molar-refractivity contribution is -0.186. The van der Waals surface area contributed by atoms with Crippen molar-refractivity contribution >= 4 is 11.8 Å². The second-order valence-corrected chi connectivity index (χ2v) is 9.96. The van der Waals surface area contributed by atoms with Crippen molar-refractivity contribution in [2.24, 2.45) is 5.92 Å². The summed E-state index contributed by atoms with van der Waals surface area (Å²) < 4.78 is 40.2. The van der Waals surface area contributed by atoms with Crippen LogP contribution in [0.4, 0.5) is 13.2 Å². The lowest BCUT2D eigenvalue weighted by Gasteiger charge is -2.43. The SMILES string of the molecule is O=C(CN(CCC1=CCCCC1)C(=O)C(F)(F)F)N1CCc2ccccc2C1C1CCCCC1. The van der Waals surface area contributed by atoms with Crippen LogP contribution in [-0.2, 0) is 16.0 Å². The molecule has 0 saturated heterocycles. The lowest BCUT2D eigenvalue weighted by Crippen LogP contribution is -2.51. The van der Waals surface area contributed by atoms with Crippen molar-refractivity contribution in [2.45, 2.75) is 82.8 Å². The summed E-state index contributed by atoms with van der Waals surface area (Å²) in [5.41, 5.74) is 3.43. The molecule has 0 radical (unpaired) electrons. The van der Waals surface area contributed by atoms with E-state index in [9.17, 15) is 22.8 Å². The standard InChI is InChI=1S/C27H35F3N2O2/c28-27(29,30)26(34)31(17-15-20-9-3-1-4-10-20)19-24(33)32-18-16-21-11-7-8-14-23(21)25(32)22-12-5-2-6-13-22/h7-9,11,14,22,25H,1-6,10,12-13,15-19H2. The first-order valence-corrected chi connectivity index (χ1v) is 12.8. The van der Waals surface area contributed by atoms with Gasteiger partial charge in [0.05, 0.1) is 6.04 Å². The third-order valence-corrected chi connectivity index (χ3v) is 7.69. The van der Waals surface area contributed by atoms with Crippen molar-refractivity contribution in [3.63, 3.8) is 0 Å². The highest BCUT2D eigenvalue weighted by Crippen LogP contribution is 2.42. The number of rotatable bonds is 6. The van der Waals surface area contributed by atoms with Gasteiger partial charge >= 0.3 is 12.1 Å². The molecule has 4 nitrogen and oxygen atoms in total. The molecule has 1 saturated carbocycles. The fraction of sp³-hybridized carbons (Fsp3) is 0.630. The highest BCUT2D eigenvalue weighted by molar-refractivity contribution is 5.88. The number of carbonyl (C=O) groups is 2. The van der Waals surface area contributed by atoms with Gasteiger partial charge in [0, 0.05) is 13.1 Å². The number of hydrogen-bond acceptors (Lipinski definition) is 2. The van der Waals surface area contributed by atoms with Gasteiger partial charge < -0.3 is 9.80 Å². The van der Waals surface area contributed by atoms with Gasteiger partial charge in [-0.05, 0) is 68.4 Å². The quantitative estimate of drug-likeness (QED) is 0.475. The van der Waals surface area contributed by atoms with Crippen LogP contribution in [-0.4, -0.2) is 47.4 Å². The van der Waals surface area contributed by atoms with Crippen LogP contribution in [0.5, 0.6) is 0 Å². The van der Waals surface area contributed by atoms with Gasteiger partial charge in [-0.1, -0.05) is 55.2 Å². The van der Waals surface area contributed by atoms with Gasteiger partial charge in [0.2, 0.25) is 5.91 Å². The zero-order chi connectivity index (χ0) is 24.1. The summed E-state index contributed by atoms with van der Waals surface area (Å²) in [4.78, 5) is 28.3. The predicted molar refractivity (Wildman–Crippen MR) is 125 cm³/mol. The molecule has 186 valence electrons. The normalized spacial score (nSPS) is 21.6. The van der Waals surface area contributed by atoms with E-state index in [-0.39, 0.29) is 18.5 Å². The molecule has 1 fully saturated rings. The summed E-state index contributed by atoms with van der Waals surface area (Å²) >= 11 is 0. The molecule has 2 amide bonds. The Labute approximate surface area is 200 Å². The van der Waals surface area contributed by atoms with Crippen molar-refractivity contribution < 1.29 is 22.8 Å². The van der Waals surface area contributed by atoms with E-state index >= 15 is 0 Å². The molecule has 1 aliphatic heterocycles. The van der Waals surface area contributed by atoms with Crippen LogP contribution in [0.2, 0.25) is 0 Å². The Morgan fingerprint density at radius 2 is 1.76 bits per heavy atom. The van der Waals surface area contributed by atoms with Crippen LogP contribution in [0, 0.1) is 5.92 Å². The Morgan fingerprint density at radius 3 is 2.47 bits per heavy atom. The fourth-order valence-electron chi connectivity index (χ4n) is 5.93. The predicted octanol–water partition coefficient (Wildman–Crippen LogP) is 5.97. The van der Waals surface area contributed by atoms with Gasteiger partial charge in [-0.2, -0.15) is 13.2 Å². The highest BCUT2D eigenvalue weighted by Gasteiger charge is 2.44. The van der Waals surface area contributed by atoms with E-state index in [4.69, 9.17) is 0 Å². The van der Waals surface area contributed by atoms with E-state index in [1.807, 2.05) is 12.1 Å². The maximum Gasteiger partial charge on any atom is 0.471 e. The molecule has 7 heteroatoms. The number of hydrogen-bond donors (Lipinski definition) is 0. The lowest BCUT2D eigenvalue weighted by atomic mass is 9.77. The van der Waals surface area contributed by atoms with Crippen molar-refractivity contribution in [1.82, 2.24) is 9.80 Å². The Morgan fingerprint density at radius 1 is 1.00 bits per heavy atom. The number of fused-ring (bicyclic) bond motifs is 1. The molecule has 1 aromatic carbocycles. The Kier molecular flexibility index (Phi) is 7.99. The zero-order valence-corrected chi connectivity index (χ0v) is 19.8.